The van der Waals surface area contributed by atoms with Crippen molar-refractivity contribution in [2.75, 3.05) is 5.73 Å². The van der Waals surface area contributed by atoms with Crippen molar-refractivity contribution in [2.24, 2.45) is 7.05 Å². The van der Waals surface area contributed by atoms with Gasteiger partial charge >= 0.3 is 0 Å². The highest BCUT2D eigenvalue weighted by molar-refractivity contribution is 7.19. The van der Waals surface area contributed by atoms with Crippen LogP contribution in [0.2, 0.25) is 0 Å². The number of benzene rings is 1. The highest BCUT2D eigenvalue weighted by Gasteiger charge is 2.22. The van der Waals surface area contributed by atoms with E-state index in [0.717, 1.165) is 15.3 Å². The van der Waals surface area contributed by atoms with E-state index in [0.29, 0.717) is 28.2 Å². The van der Waals surface area contributed by atoms with Crippen molar-refractivity contribution in [1.82, 2.24) is 14.9 Å². The van der Waals surface area contributed by atoms with E-state index in [2.05, 4.69) is 16.9 Å². The maximum absolute atomic E-state index is 12.8. The van der Waals surface area contributed by atoms with Crippen LogP contribution < -0.4 is 11.1 Å². The van der Waals surface area contributed by atoms with Crippen LogP contribution in [0, 0.1) is 10.8 Å². The van der Waals surface area contributed by atoms with Crippen LogP contribution in [0.15, 0.2) is 24.8 Å². The number of aromatic nitrogens is 2. The number of carbonyl (C=O) groups excluding carboxylic acids is 1. The van der Waals surface area contributed by atoms with Crippen molar-refractivity contribution in [2.45, 2.75) is 6.54 Å². The van der Waals surface area contributed by atoms with Crippen LogP contribution in [0.5, 0.6) is 0 Å². The Balaban J connectivity index is 1.93. The van der Waals surface area contributed by atoms with Crippen LogP contribution in [-0.4, -0.2) is 27.9 Å². The molecule has 0 fully saturated rings. The zero-order valence-corrected chi connectivity index (χ0v) is 15.0. The summed E-state index contributed by atoms with van der Waals surface area (Å²) in [6, 6.07) is 5.31. The molecule has 0 unspecified atom stereocenters. The van der Waals surface area contributed by atoms with Gasteiger partial charge in [0, 0.05) is 42.8 Å². The average Bonchev–Trinajstić information content (AvgIpc) is 3.17. The van der Waals surface area contributed by atoms with Gasteiger partial charge in [-0.15, -0.1) is 11.3 Å². The van der Waals surface area contributed by atoms with Gasteiger partial charge in [0.05, 0.1) is 4.70 Å². The van der Waals surface area contributed by atoms with E-state index in [9.17, 15) is 4.79 Å². The highest BCUT2D eigenvalue weighted by Crippen LogP contribution is 2.30. The van der Waals surface area contributed by atoms with Crippen LogP contribution in [0.1, 0.15) is 32.2 Å². The summed E-state index contributed by atoms with van der Waals surface area (Å²) in [6.07, 6.45) is 4.00. The maximum atomic E-state index is 12.8. The van der Waals surface area contributed by atoms with E-state index in [1.807, 2.05) is 6.07 Å². The summed E-state index contributed by atoms with van der Waals surface area (Å²) >= 11 is 1.40. The predicted molar refractivity (Wildman–Crippen MR) is 106 cm³/mol. The number of aryl methyl sites for hydroxylation is 1. The Hall–Kier alpha value is -3.26. The van der Waals surface area contributed by atoms with Gasteiger partial charge in [-0.25, -0.2) is 4.98 Å². The molecule has 0 bridgehead atoms. The first kappa shape index (κ1) is 17.6. The number of carbonyl (C=O) groups is 1. The molecule has 7 nitrogen and oxygen atoms in total. The molecule has 0 aliphatic rings. The fourth-order valence-corrected chi connectivity index (χ4v) is 3.81. The summed E-state index contributed by atoms with van der Waals surface area (Å²) in [5.74, 6) is -0.310. The molecule has 0 spiro atoms. The molecule has 8 heteroatoms. The third-order valence-electron chi connectivity index (χ3n) is 4.13. The predicted octanol–water partition coefficient (Wildman–Crippen LogP) is 2.79. The number of anilines is 1. The lowest BCUT2D eigenvalue weighted by Crippen LogP contribution is -2.26. The second-order valence-corrected chi connectivity index (χ2v) is 6.65. The minimum absolute atomic E-state index is 0.232. The maximum Gasteiger partial charge on any atom is 0.268 e. The fraction of sp³-hybridized carbons (Fsp3) is 0.111. The number of thiazole rings is 1. The van der Waals surface area contributed by atoms with Crippen LogP contribution in [0.3, 0.4) is 0 Å². The van der Waals surface area contributed by atoms with Gasteiger partial charge in [0.25, 0.3) is 5.91 Å². The first-order valence-electron chi connectivity index (χ1n) is 7.80. The number of amides is 1. The third kappa shape index (κ3) is 2.80. The zero-order valence-electron chi connectivity index (χ0n) is 14.2. The number of nitrogens with zero attached hydrogens (tertiary/aromatic N) is 2. The molecule has 0 radical (unpaired) electrons. The number of nitrogens with two attached hydrogens (primary N) is 1. The summed E-state index contributed by atoms with van der Waals surface area (Å²) in [5, 5.41) is 18.8. The number of fused-ring (bicyclic) bond motifs is 1. The topological polar surface area (TPSA) is 121 Å². The van der Waals surface area contributed by atoms with E-state index in [1.54, 1.807) is 29.8 Å². The molecule has 26 heavy (non-hydrogen) atoms. The molecule has 5 N–H and O–H groups in total. The molecular weight excluding hydrogens is 348 g/mol. The Morgan fingerprint density at radius 1 is 1.38 bits per heavy atom. The van der Waals surface area contributed by atoms with Crippen LogP contribution in [0.25, 0.3) is 16.4 Å². The summed E-state index contributed by atoms with van der Waals surface area (Å²) in [4.78, 5) is 17.2. The van der Waals surface area contributed by atoms with Gasteiger partial charge in [0.1, 0.15) is 10.7 Å². The number of nitrogens with one attached hydrogen (secondary N) is 3. The van der Waals surface area contributed by atoms with E-state index in [-0.39, 0.29) is 12.5 Å². The fourth-order valence-electron chi connectivity index (χ4n) is 2.84. The quantitative estimate of drug-likeness (QED) is 0.396. The van der Waals surface area contributed by atoms with E-state index >= 15 is 0 Å². The Morgan fingerprint density at radius 2 is 2.12 bits per heavy atom. The molecule has 2 aromatic heterocycles. The number of nitrogen functional groups attached to an aromatic ring is 1. The number of hydrogen-bond donors (Lipinski definition) is 4. The number of rotatable bonds is 6. The molecule has 0 aliphatic carbocycles. The second kappa shape index (κ2) is 6.93. The van der Waals surface area contributed by atoms with Crippen molar-refractivity contribution in [3.8, 4) is 0 Å². The van der Waals surface area contributed by atoms with Crippen molar-refractivity contribution < 1.29 is 4.79 Å². The van der Waals surface area contributed by atoms with Crippen molar-refractivity contribution in [1.29, 1.82) is 10.8 Å². The summed E-state index contributed by atoms with van der Waals surface area (Å²) in [6.45, 7) is 3.94. The first-order chi connectivity index (χ1) is 12.5. The average molecular weight is 366 g/mol. The number of hydrogen-bond acceptors (Lipinski definition) is 6. The molecule has 0 atom stereocenters. The molecular formula is C18H18N6OS. The van der Waals surface area contributed by atoms with Crippen LogP contribution in [0.4, 0.5) is 5.69 Å². The second-order valence-electron chi connectivity index (χ2n) is 5.62. The summed E-state index contributed by atoms with van der Waals surface area (Å²) < 4.78 is 2.47. The molecule has 132 valence electrons. The molecule has 1 amide bonds. The first-order valence-corrected chi connectivity index (χ1v) is 8.61. The van der Waals surface area contributed by atoms with E-state index in [1.165, 1.54) is 23.8 Å². The monoisotopic (exact) mass is 366 g/mol. The molecule has 0 saturated carbocycles. The van der Waals surface area contributed by atoms with E-state index < -0.39 is 0 Å². The molecule has 1 aromatic carbocycles. The van der Waals surface area contributed by atoms with Crippen LogP contribution >= 0.6 is 11.3 Å². The van der Waals surface area contributed by atoms with Gasteiger partial charge in [0.2, 0.25) is 0 Å². The smallest absolute Gasteiger partial charge is 0.268 e. The molecule has 3 aromatic rings. The van der Waals surface area contributed by atoms with Gasteiger partial charge < -0.3 is 26.4 Å². The van der Waals surface area contributed by atoms with Crippen molar-refractivity contribution in [3.05, 3.63) is 52.2 Å². The normalized spacial score (nSPS) is 10.7. The zero-order chi connectivity index (χ0) is 18.8. The largest absolute Gasteiger partial charge is 0.398 e. The minimum atomic E-state index is -0.310. The van der Waals surface area contributed by atoms with Gasteiger partial charge in [0.15, 0.2) is 5.65 Å². The minimum Gasteiger partial charge on any atom is -0.398 e. The lowest BCUT2D eigenvalue weighted by Gasteiger charge is -2.11. The Morgan fingerprint density at radius 3 is 2.77 bits per heavy atom. The molecule has 2 heterocycles. The summed E-state index contributed by atoms with van der Waals surface area (Å²) in [5.41, 5.74) is 9.27. The molecule has 3 rings (SSSR count). The molecule has 0 saturated heterocycles. The van der Waals surface area contributed by atoms with Crippen molar-refractivity contribution in [3.63, 3.8) is 0 Å². The van der Waals surface area contributed by atoms with Gasteiger partial charge in [-0.1, -0.05) is 18.7 Å². The standard InChI is InChI=1S/C18H18N6OS/c1-3-14-23-17-16(26-14)12(8-20)15(24(17)2)18(25)22-9-10-5-4-6-13(21)11(10)7-19/h3-8,19-20H,1,9,21H2,2H3,(H,22,25). The van der Waals surface area contributed by atoms with E-state index in [4.69, 9.17) is 16.6 Å². The van der Waals surface area contributed by atoms with Gasteiger partial charge in [-0.05, 0) is 17.7 Å². The van der Waals surface area contributed by atoms with Gasteiger partial charge in [-0.3, -0.25) is 4.79 Å². The molecule has 0 aliphatic heterocycles. The summed E-state index contributed by atoms with van der Waals surface area (Å²) in [7, 11) is 1.75. The SMILES string of the molecule is C=Cc1nc2c(s1)c(C=N)c(C(=O)NCc1cccc(N)c1C=N)n2C. The lowest BCUT2D eigenvalue weighted by atomic mass is 10.1. The Kier molecular flexibility index (Phi) is 4.68. The lowest BCUT2D eigenvalue weighted by molar-refractivity contribution is 0.0943. The third-order valence-corrected chi connectivity index (χ3v) is 5.20. The van der Waals surface area contributed by atoms with Crippen LogP contribution in [-0.2, 0) is 13.6 Å². The van der Waals surface area contributed by atoms with Gasteiger partial charge in [-0.2, -0.15) is 0 Å². The highest BCUT2D eigenvalue weighted by atomic mass is 32.1. The Labute approximate surface area is 154 Å². The van der Waals surface area contributed by atoms with Crippen molar-refractivity contribution >= 4 is 51.8 Å². The Bertz CT molecular complexity index is 1050.